The van der Waals surface area contributed by atoms with Crippen LogP contribution < -0.4 is 0 Å². The van der Waals surface area contributed by atoms with Gasteiger partial charge in [0, 0.05) is 19.6 Å². The summed E-state index contributed by atoms with van der Waals surface area (Å²) in [6, 6.07) is 16.0. The lowest BCUT2D eigenvalue weighted by atomic mass is 10.1. The van der Waals surface area contributed by atoms with Crippen LogP contribution in [-0.2, 0) is 11.3 Å². The summed E-state index contributed by atoms with van der Waals surface area (Å²) in [6.45, 7) is 2.44. The number of para-hydroxylation sites is 1. The maximum Gasteiger partial charge on any atom is 0.256 e. The molecule has 0 radical (unpaired) electrons. The van der Waals surface area contributed by atoms with Gasteiger partial charge in [0.15, 0.2) is 0 Å². The number of nitrogens with zero attached hydrogens (tertiary/aromatic N) is 4. The molecule has 2 heterocycles. The summed E-state index contributed by atoms with van der Waals surface area (Å²) in [4.78, 5) is 2.18. The topological polar surface area (TPSA) is 63.4 Å². The molecule has 134 valence electrons. The molecule has 1 N–H and O–H groups in total. The molecule has 7 heteroatoms. The third kappa shape index (κ3) is 3.44. The molecule has 1 aromatic heterocycles. The van der Waals surface area contributed by atoms with Crippen LogP contribution in [0.4, 0.5) is 4.39 Å². The molecule has 0 unspecified atom stereocenters. The maximum absolute atomic E-state index is 13.1. The highest BCUT2D eigenvalue weighted by atomic mass is 19.1. The molecule has 4 rings (SSSR count). The summed E-state index contributed by atoms with van der Waals surface area (Å²) in [7, 11) is 0. The molecule has 6 nitrogen and oxygen atoms in total. The highest BCUT2D eigenvalue weighted by Crippen LogP contribution is 2.25. The Hall–Kier alpha value is -2.77. The van der Waals surface area contributed by atoms with Gasteiger partial charge in [-0.15, -0.1) is 0 Å². The van der Waals surface area contributed by atoms with E-state index in [4.69, 9.17) is 4.74 Å². The average Bonchev–Trinajstić information content (AvgIpc) is 3.04. The van der Waals surface area contributed by atoms with Crippen molar-refractivity contribution in [3.63, 3.8) is 0 Å². The van der Waals surface area contributed by atoms with E-state index in [1.54, 1.807) is 16.8 Å². The average molecular weight is 354 g/mol. The molecular weight excluding hydrogens is 335 g/mol. The Kier molecular flexibility index (Phi) is 4.64. The van der Waals surface area contributed by atoms with Crippen LogP contribution in [0.25, 0.3) is 5.69 Å². The van der Waals surface area contributed by atoms with Crippen LogP contribution in [0.15, 0.2) is 54.6 Å². The predicted octanol–water partition coefficient (Wildman–Crippen LogP) is 2.69. The standard InChI is InChI=1S/C19H19FN4O2/c20-15-8-6-14(7-9-15)18-13-23(10-11-26-18)12-17-19(25)21-22-24(17)16-4-2-1-3-5-16/h1-9,18,25H,10-13H2/t18-/m0/s1. The predicted molar refractivity (Wildman–Crippen MR) is 93.4 cm³/mol. The number of morpholine rings is 1. The van der Waals surface area contributed by atoms with Gasteiger partial charge >= 0.3 is 0 Å². The number of ether oxygens (including phenoxy) is 1. The van der Waals surface area contributed by atoms with Gasteiger partial charge in [0.1, 0.15) is 11.5 Å². The number of rotatable bonds is 4. The zero-order chi connectivity index (χ0) is 17.9. The number of halogens is 1. The van der Waals surface area contributed by atoms with Crippen molar-refractivity contribution in [2.45, 2.75) is 12.6 Å². The van der Waals surface area contributed by atoms with Gasteiger partial charge in [0.2, 0.25) is 0 Å². The van der Waals surface area contributed by atoms with Crippen molar-refractivity contribution in [3.8, 4) is 11.6 Å². The van der Waals surface area contributed by atoms with Gasteiger partial charge in [0.25, 0.3) is 5.88 Å². The Morgan fingerprint density at radius 3 is 2.65 bits per heavy atom. The lowest BCUT2D eigenvalue weighted by molar-refractivity contribution is -0.0336. The van der Waals surface area contributed by atoms with Crippen molar-refractivity contribution in [2.24, 2.45) is 0 Å². The normalized spacial score (nSPS) is 18.1. The van der Waals surface area contributed by atoms with E-state index in [9.17, 15) is 9.50 Å². The summed E-state index contributed by atoms with van der Waals surface area (Å²) in [5.41, 5.74) is 2.42. The lowest BCUT2D eigenvalue weighted by Crippen LogP contribution is -2.38. The Morgan fingerprint density at radius 1 is 1.12 bits per heavy atom. The first kappa shape index (κ1) is 16.7. The Morgan fingerprint density at radius 2 is 1.88 bits per heavy atom. The van der Waals surface area contributed by atoms with Gasteiger partial charge in [0.05, 0.1) is 18.4 Å². The number of aromatic hydroxyl groups is 1. The molecule has 0 bridgehead atoms. The first-order chi connectivity index (χ1) is 12.7. The quantitative estimate of drug-likeness (QED) is 0.780. The van der Waals surface area contributed by atoms with Crippen LogP contribution >= 0.6 is 0 Å². The molecule has 0 amide bonds. The number of hydrogen-bond acceptors (Lipinski definition) is 5. The molecule has 1 saturated heterocycles. The van der Waals surface area contributed by atoms with E-state index in [1.165, 1.54) is 12.1 Å². The Labute approximate surface area is 150 Å². The Bertz CT molecular complexity index is 867. The zero-order valence-electron chi connectivity index (χ0n) is 14.1. The largest absolute Gasteiger partial charge is 0.491 e. The maximum atomic E-state index is 13.1. The van der Waals surface area contributed by atoms with Crippen LogP contribution in [0.2, 0.25) is 0 Å². The minimum Gasteiger partial charge on any atom is -0.491 e. The monoisotopic (exact) mass is 354 g/mol. The van der Waals surface area contributed by atoms with Crippen molar-refractivity contribution in [1.29, 1.82) is 0 Å². The van der Waals surface area contributed by atoms with Crippen LogP contribution in [-0.4, -0.2) is 44.7 Å². The molecule has 26 heavy (non-hydrogen) atoms. The first-order valence-electron chi connectivity index (χ1n) is 8.49. The minimum absolute atomic E-state index is 0.0707. The summed E-state index contributed by atoms with van der Waals surface area (Å²) in [5.74, 6) is -0.331. The van der Waals surface area contributed by atoms with Gasteiger partial charge in [-0.25, -0.2) is 9.07 Å². The Balaban J connectivity index is 1.52. The van der Waals surface area contributed by atoms with Crippen LogP contribution in [0, 0.1) is 5.82 Å². The first-order valence-corrected chi connectivity index (χ1v) is 8.49. The molecule has 1 aliphatic rings. The molecule has 0 saturated carbocycles. The van der Waals surface area contributed by atoms with Gasteiger partial charge in [-0.1, -0.05) is 40.6 Å². The molecule has 0 spiro atoms. The molecule has 1 fully saturated rings. The molecule has 0 aliphatic carbocycles. The van der Waals surface area contributed by atoms with E-state index in [0.717, 1.165) is 17.8 Å². The third-order valence-electron chi connectivity index (χ3n) is 4.51. The number of benzene rings is 2. The van der Waals surface area contributed by atoms with Gasteiger partial charge in [-0.3, -0.25) is 4.90 Å². The van der Waals surface area contributed by atoms with Crippen molar-refractivity contribution in [3.05, 3.63) is 71.7 Å². The van der Waals surface area contributed by atoms with Crippen LogP contribution in [0.1, 0.15) is 17.4 Å². The summed E-state index contributed by atoms with van der Waals surface area (Å²) in [6.07, 6.45) is -0.132. The fraction of sp³-hybridized carbons (Fsp3) is 0.263. The van der Waals surface area contributed by atoms with Crippen molar-refractivity contribution in [2.75, 3.05) is 19.7 Å². The van der Waals surface area contributed by atoms with Crippen LogP contribution in [0.5, 0.6) is 5.88 Å². The molecule has 1 aliphatic heterocycles. The highest BCUT2D eigenvalue weighted by molar-refractivity contribution is 5.34. The third-order valence-corrected chi connectivity index (χ3v) is 4.51. The van der Waals surface area contributed by atoms with E-state index in [1.807, 2.05) is 30.3 Å². The number of hydrogen-bond donors (Lipinski definition) is 1. The summed E-state index contributed by atoms with van der Waals surface area (Å²) in [5, 5.41) is 18.0. The van der Waals surface area contributed by atoms with Gasteiger partial charge in [-0.2, -0.15) is 0 Å². The number of aromatic nitrogens is 3. The van der Waals surface area contributed by atoms with E-state index in [0.29, 0.717) is 25.4 Å². The summed E-state index contributed by atoms with van der Waals surface area (Å²) < 4.78 is 20.6. The molecule has 2 aromatic carbocycles. The molecular formula is C19H19FN4O2. The fourth-order valence-corrected chi connectivity index (χ4v) is 3.14. The van der Waals surface area contributed by atoms with Crippen LogP contribution in [0.3, 0.4) is 0 Å². The lowest BCUT2D eigenvalue weighted by Gasteiger charge is -2.33. The fourth-order valence-electron chi connectivity index (χ4n) is 3.14. The highest BCUT2D eigenvalue weighted by Gasteiger charge is 2.25. The molecule has 3 aromatic rings. The van der Waals surface area contributed by atoms with E-state index in [-0.39, 0.29) is 17.8 Å². The minimum atomic E-state index is -0.260. The van der Waals surface area contributed by atoms with E-state index < -0.39 is 0 Å². The second kappa shape index (κ2) is 7.23. The summed E-state index contributed by atoms with van der Waals surface area (Å²) >= 11 is 0. The van der Waals surface area contributed by atoms with Crippen molar-refractivity contribution >= 4 is 0 Å². The van der Waals surface area contributed by atoms with E-state index in [2.05, 4.69) is 15.2 Å². The zero-order valence-corrected chi connectivity index (χ0v) is 14.1. The SMILES string of the molecule is Oc1nnn(-c2ccccc2)c1CN1CCO[C@H](c2ccc(F)cc2)C1. The second-order valence-corrected chi connectivity index (χ2v) is 6.25. The van der Waals surface area contributed by atoms with Gasteiger partial charge in [-0.05, 0) is 29.8 Å². The molecule has 1 atom stereocenters. The van der Waals surface area contributed by atoms with Gasteiger partial charge < -0.3 is 9.84 Å². The van der Waals surface area contributed by atoms with Crippen molar-refractivity contribution < 1.29 is 14.2 Å². The second-order valence-electron chi connectivity index (χ2n) is 6.25. The van der Waals surface area contributed by atoms with Crippen molar-refractivity contribution in [1.82, 2.24) is 19.9 Å². The smallest absolute Gasteiger partial charge is 0.256 e. The van der Waals surface area contributed by atoms with E-state index >= 15 is 0 Å².